The van der Waals surface area contributed by atoms with Crippen LogP contribution in [0.5, 0.6) is 10.9 Å². The predicted molar refractivity (Wildman–Crippen MR) is 51.5 cm³/mol. The topological polar surface area (TPSA) is 85.4 Å². The second-order valence-corrected chi connectivity index (χ2v) is 3.64. The van der Waals surface area contributed by atoms with Crippen molar-refractivity contribution in [3.05, 3.63) is 17.9 Å². The molecule has 7 heteroatoms. The van der Waals surface area contributed by atoms with Gasteiger partial charge in [-0.2, -0.15) is 4.98 Å². The number of nitrogens with two attached hydrogens (primary N) is 1. The summed E-state index contributed by atoms with van der Waals surface area (Å²) in [6, 6.07) is 2.53. The van der Waals surface area contributed by atoms with E-state index in [-0.39, 0.29) is 10.7 Å². The molecule has 0 aliphatic rings. The molecule has 15 heavy (non-hydrogen) atoms. The van der Waals surface area contributed by atoms with Crippen LogP contribution < -0.4 is 10.5 Å². The molecule has 0 radical (unpaired) electrons. The van der Waals surface area contributed by atoms with E-state index in [0.29, 0.717) is 4.70 Å². The second-order valence-electron chi connectivity index (χ2n) is 2.64. The first-order valence-electron chi connectivity index (χ1n) is 3.83. The molecule has 1 amide bonds. The van der Waals surface area contributed by atoms with E-state index in [9.17, 15) is 14.3 Å². The van der Waals surface area contributed by atoms with Gasteiger partial charge in [-0.25, -0.2) is 9.18 Å². The number of amides is 1. The summed E-state index contributed by atoms with van der Waals surface area (Å²) in [4.78, 5) is 14.1. The SMILES string of the molecule is NC(=O)Oc1nc2c(O)c(F)ccc2s1. The molecule has 1 aromatic carbocycles. The number of aromatic hydroxyl groups is 1. The van der Waals surface area contributed by atoms with Crippen molar-refractivity contribution in [1.82, 2.24) is 4.98 Å². The van der Waals surface area contributed by atoms with E-state index in [2.05, 4.69) is 9.72 Å². The Bertz CT molecular complexity index is 540. The maximum absolute atomic E-state index is 12.9. The van der Waals surface area contributed by atoms with Gasteiger partial charge in [0.25, 0.3) is 5.19 Å². The average Bonchev–Trinajstić information content (AvgIpc) is 2.54. The number of primary amides is 1. The van der Waals surface area contributed by atoms with Gasteiger partial charge in [0.1, 0.15) is 5.52 Å². The Balaban J connectivity index is 2.56. The molecule has 0 atom stereocenters. The number of phenolic OH excluding ortho intramolecular Hbond substituents is 1. The van der Waals surface area contributed by atoms with E-state index in [1.807, 2.05) is 0 Å². The number of carbonyl (C=O) groups excluding carboxylic acids is 1. The maximum Gasteiger partial charge on any atom is 0.411 e. The van der Waals surface area contributed by atoms with Crippen LogP contribution in [-0.2, 0) is 0 Å². The smallest absolute Gasteiger partial charge is 0.411 e. The zero-order valence-electron chi connectivity index (χ0n) is 7.23. The molecule has 0 bridgehead atoms. The zero-order chi connectivity index (χ0) is 11.0. The molecule has 2 rings (SSSR count). The lowest BCUT2D eigenvalue weighted by molar-refractivity contribution is 0.211. The summed E-state index contributed by atoms with van der Waals surface area (Å²) in [6.07, 6.45) is -1.01. The number of phenols is 1. The van der Waals surface area contributed by atoms with Crippen LogP contribution in [0.2, 0.25) is 0 Å². The normalized spacial score (nSPS) is 10.5. The standard InChI is InChI=1S/C8H5FN2O3S/c9-3-1-2-4-5(6(3)12)11-8(15-4)14-7(10)13/h1-2,12H,(H2,10,13). The Hall–Kier alpha value is -1.89. The Kier molecular flexibility index (Phi) is 2.16. The third kappa shape index (κ3) is 1.68. The number of aromatic nitrogens is 1. The summed E-state index contributed by atoms with van der Waals surface area (Å²) in [5.74, 6) is -1.35. The van der Waals surface area contributed by atoms with Gasteiger partial charge in [0, 0.05) is 0 Å². The van der Waals surface area contributed by atoms with Crippen LogP contribution in [0.4, 0.5) is 9.18 Å². The van der Waals surface area contributed by atoms with E-state index in [4.69, 9.17) is 5.73 Å². The molecule has 0 unspecified atom stereocenters. The fraction of sp³-hybridized carbons (Fsp3) is 0. The number of halogens is 1. The van der Waals surface area contributed by atoms with Gasteiger partial charge in [0.2, 0.25) is 0 Å². The van der Waals surface area contributed by atoms with Crippen LogP contribution in [-0.4, -0.2) is 16.2 Å². The quantitative estimate of drug-likeness (QED) is 0.776. The molecule has 3 N–H and O–H groups in total. The van der Waals surface area contributed by atoms with Crippen molar-refractivity contribution in [1.29, 1.82) is 0 Å². The van der Waals surface area contributed by atoms with E-state index in [1.54, 1.807) is 0 Å². The highest BCUT2D eigenvalue weighted by molar-refractivity contribution is 7.20. The summed E-state index contributed by atoms with van der Waals surface area (Å²) in [5, 5.41) is 9.27. The van der Waals surface area contributed by atoms with Crippen molar-refractivity contribution < 1.29 is 19.0 Å². The van der Waals surface area contributed by atoms with Crippen LogP contribution in [0, 0.1) is 5.82 Å². The van der Waals surface area contributed by atoms with Gasteiger partial charge in [-0.05, 0) is 12.1 Å². The third-order valence-corrected chi connectivity index (χ3v) is 2.55. The van der Waals surface area contributed by atoms with E-state index < -0.39 is 17.7 Å². The molecular weight excluding hydrogens is 223 g/mol. The number of ether oxygens (including phenoxy) is 1. The molecular formula is C8H5FN2O3S. The summed E-state index contributed by atoms with van der Waals surface area (Å²) in [7, 11) is 0. The molecule has 1 heterocycles. The summed E-state index contributed by atoms with van der Waals surface area (Å²) >= 11 is 0.988. The minimum absolute atomic E-state index is 0.0293. The monoisotopic (exact) mass is 228 g/mol. The molecule has 0 fully saturated rings. The first kappa shape index (κ1) is 9.66. The van der Waals surface area contributed by atoms with Crippen LogP contribution >= 0.6 is 11.3 Å². The van der Waals surface area contributed by atoms with Gasteiger partial charge >= 0.3 is 6.09 Å². The van der Waals surface area contributed by atoms with Gasteiger partial charge in [-0.15, -0.1) is 0 Å². The number of thiazole rings is 1. The van der Waals surface area contributed by atoms with Crippen LogP contribution in [0.25, 0.3) is 10.2 Å². The second kappa shape index (κ2) is 3.35. The molecule has 78 valence electrons. The molecule has 0 aliphatic heterocycles. The maximum atomic E-state index is 12.9. The Morgan fingerprint density at radius 3 is 3.00 bits per heavy atom. The van der Waals surface area contributed by atoms with E-state index in [0.717, 1.165) is 17.4 Å². The first-order chi connectivity index (χ1) is 7.08. The zero-order valence-corrected chi connectivity index (χ0v) is 8.05. The predicted octanol–water partition coefficient (Wildman–Crippen LogP) is 1.60. The average molecular weight is 228 g/mol. The minimum atomic E-state index is -1.01. The van der Waals surface area contributed by atoms with Crippen molar-refractivity contribution in [3.8, 4) is 10.9 Å². The molecule has 0 aliphatic carbocycles. The van der Waals surface area contributed by atoms with Crippen molar-refractivity contribution in [2.24, 2.45) is 5.73 Å². The largest absolute Gasteiger partial charge is 0.503 e. The fourth-order valence-electron chi connectivity index (χ4n) is 1.06. The number of nitrogens with zero attached hydrogens (tertiary/aromatic N) is 1. The van der Waals surface area contributed by atoms with Gasteiger partial charge in [0.05, 0.1) is 4.70 Å². The van der Waals surface area contributed by atoms with Crippen molar-refractivity contribution in [3.63, 3.8) is 0 Å². The molecule has 1 aromatic heterocycles. The molecule has 5 nitrogen and oxygen atoms in total. The Morgan fingerprint density at radius 1 is 1.60 bits per heavy atom. The van der Waals surface area contributed by atoms with E-state index >= 15 is 0 Å². The molecule has 0 spiro atoms. The van der Waals surface area contributed by atoms with Crippen LogP contribution in [0.3, 0.4) is 0 Å². The van der Waals surface area contributed by atoms with Crippen molar-refractivity contribution in [2.75, 3.05) is 0 Å². The number of carbonyl (C=O) groups is 1. The van der Waals surface area contributed by atoms with E-state index in [1.165, 1.54) is 6.07 Å². The van der Waals surface area contributed by atoms with Crippen LogP contribution in [0.15, 0.2) is 12.1 Å². The minimum Gasteiger partial charge on any atom is -0.503 e. The highest BCUT2D eigenvalue weighted by atomic mass is 32.1. The number of hydrogen-bond donors (Lipinski definition) is 2. The Morgan fingerprint density at radius 2 is 2.33 bits per heavy atom. The van der Waals surface area contributed by atoms with Gasteiger partial charge in [-0.3, -0.25) is 0 Å². The lowest BCUT2D eigenvalue weighted by Crippen LogP contribution is -2.15. The summed E-state index contributed by atoms with van der Waals surface area (Å²) < 4.78 is 17.9. The third-order valence-electron chi connectivity index (χ3n) is 1.65. The van der Waals surface area contributed by atoms with Crippen molar-refractivity contribution >= 4 is 27.6 Å². The summed E-state index contributed by atoms with van der Waals surface area (Å²) in [5.41, 5.74) is 4.84. The Labute approximate surface area is 86.9 Å². The molecule has 2 aromatic rings. The van der Waals surface area contributed by atoms with Gasteiger partial charge in [-0.1, -0.05) is 11.3 Å². The molecule has 0 saturated carbocycles. The highest BCUT2D eigenvalue weighted by Crippen LogP contribution is 2.34. The fourth-order valence-corrected chi connectivity index (χ4v) is 1.89. The lowest BCUT2D eigenvalue weighted by atomic mass is 10.3. The summed E-state index contributed by atoms with van der Waals surface area (Å²) in [6.45, 7) is 0. The van der Waals surface area contributed by atoms with Crippen molar-refractivity contribution in [2.45, 2.75) is 0 Å². The number of hydrogen-bond acceptors (Lipinski definition) is 5. The highest BCUT2D eigenvalue weighted by Gasteiger charge is 2.13. The number of rotatable bonds is 1. The molecule has 0 saturated heterocycles. The number of benzene rings is 1. The van der Waals surface area contributed by atoms with Crippen LogP contribution in [0.1, 0.15) is 0 Å². The lowest BCUT2D eigenvalue weighted by Gasteiger charge is -1.93. The van der Waals surface area contributed by atoms with Gasteiger partial charge in [0.15, 0.2) is 11.6 Å². The number of fused-ring (bicyclic) bond motifs is 1. The van der Waals surface area contributed by atoms with Gasteiger partial charge < -0.3 is 15.6 Å². The first-order valence-corrected chi connectivity index (χ1v) is 4.65.